The van der Waals surface area contributed by atoms with Crippen molar-refractivity contribution < 1.29 is 17.9 Å². The minimum Gasteiger partial charge on any atom is -0.495 e. The van der Waals surface area contributed by atoms with Crippen LogP contribution < -0.4 is 10.1 Å². The number of rotatable bonds is 6. The van der Waals surface area contributed by atoms with E-state index in [-0.39, 0.29) is 10.8 Å². The molecule has 0 spiro atoms. The highest BCUT2D eigenvalue weighted by Gasteiger charge is 2.51. The minimum absolute atomic E-state index is 0.100. The molecule has 2 aromatic carbocycles. The van der Waals surface area contributed by atoms with Crippen LogP contribution in [0.3, 0.4) is 0 Å². The highest BCUT2D eigenvalue weighted by atomic mass is 32.2. The van der Waals surface area contributed by atoms with Crippen molar-refractivity contribution in [2.75, 3.05) is 26.5 Å². The predicted molar refractivity (Wildman–Crippen MR) is 99.9 cm³/mol. The summed E-state index contributed by atoms with van der Waals surface area (Å²) >= 11 is 0. The summed E-state index contributed by atoms with van der Waals surface area (Å²) in [7, 11) is 0.805. The molecule has 0 heterocycles. The summed E-state index contributed by atoms with van der Waals surface area (Å²) in [4.78, 5) is 13.0. The summed E-state index contributed by atoms with van der Waals surface area (Å²) in [5, 5.41) is 2.87. The van der Waals surface area contributed by atoms with Gasteiger partial charge in [0.2, 0.25) is 15.9 Å². The van der Waals surface area contributed by atoms with Crippen molar-refractivity contribution in [3.8, 4) is 5.75 Å². The fourth-order valence-corrected chi connectivity index (χ4v) is 3.86. The molecule has 1 aliphatic carbocycles. The first kappa shape index (κ1) is 18.4. The number of amides is 1. The molecule has 0 unspecified atom stereocenters. The quantitative estimate of drug-likeness (QED) is 0.843. The van der Waals surface area contributed by atoms with Crippen molar-refractivity contribution in [1.29, 1.82) is 0 Å². The maximum atomic E-state index is 12.9. The molecule has 1 saturated carbocycles. The van der Waals surface area contributed by atoms with Gasteiger partial charge in [-0.3, -0.25) is 4.79 Å². The lowest BCUT2D eigenvalue weighted by Gasteiger charge is -2.18. The standard InChI is InChI=1S/C19H22N2O4S/c1-21(2)26(23,24)15-9-10-17(25-3)16(13-15)20-18(22)19(11-12-19)14-7-5-4-6-8-14/h4-10,13H,11-12H2,1-3H3,(H,20,22). The van der Waals surface area contributed by atoms with Gasteiger partial charge in [-0.15, -0.1) is 0 Å². The third-order valence-electron chi connectivity index (χ3n) is 4.71. The first-order chi connectivity index (χ1) is 12.3. The Labute approximate surface area is 153 Å². The summed E-state index contributed by atoms with van der Waals surface area (Å²) in [5.74, 6) is 0.265. The second kappa shape index (κ2) is 6.74. The average Bonchev–Trinajstić information content (AvgIpc) is 3.44. The third-order valence-corrected chi connectivity index (χ3v) is 6.52. The molecule has 26 heavy (non-hydrogen) atoms. The molecule has 0 radical (unpaired) electrons. The number of carbonyl (C=O) groups is 1. The highest BCUT2D eigenvalue weighted by molar-refractivity contribution is 7.89. The molecule has 1 N–H and O–H groups in total. The second-order valence-electron chi connectivity index (χ2n) is 6.55. The van der Waals surface area contributed by atoms with Crippen molar-refractivity contribution in [2.45, 2.75) is 23.2 Å². The molecule has 1 amide bonds. The number of nitrogens with zero attached hydrogens (tertiary/aromatic N) is 1. The molecule has 0 aliphatic heterocycles. The molecule has 1 fully saturated rings. The van der Waals surface area contributed by atoms with E-state index in [4.69, 9.17) is 4.74 Å². The van der Waals surface area contributed by atoms with E-state index in [2.05, 4.69) is 5.32 Å². The SMILES string of the molecule is COc1ccc(S(=O)(=O)N(C)C)cc1NC(=O)C1(c2ccccc2)CC1. The van der Waals surface area contributed by atoms with Crippen molar-refractivity contribution in [1.82, 2.24) is 4.31 Å². The number of ether oxygens (including phenoxy) is 1. The molecule has 3 rings (SSSR count). The van der Waals surface area contributed by atoms with Crippen molar-refractivity contribution >= 4 is 21.6 Å². The summed E-state index contributed by atoms with van der Waals surface area (Å²) in [6.45, 7) is 0. The summed E-state index contributed by atoms with van der Waals surface area (Å²) in [6, 6.07) is 14.1. The van der Waals surface area contributed by atoms with E-state index in [1.54, 1.807) is 6.07 Å². The van der Waals surface area contributed by atoms with E-state index in [0.29, 0.717) is 11.4 Å². The summed E-state index contributed by atoms with van der Waals surface area (Å²) < 4.78 is 31.2. The van der Waals surface area contributed by atoms with Crippen LogP contribution in [0.15, 0.2) is 53.4 Å². The Morgan fingerprint density at radius 1 is 1.12 bits per heavy atom. The van der Waals surface area contributed by atoms with Gasteiger partial charge in [-0.25, -0.2) is 12.7 Å². The van der Waals surface area contributed by atoms with Gasteiger partial charge in [-0.2, -0.15) is 0 Å². The molecule has 0 atom stereocenters. The van der Waals surface area contributed by atoms with Crippen LogP contribution in [0.25, 0.3) is 0 Å². The highest BCUT2D eigenvalue weighted by Crippen LogP contribution is 2.49. The first-order valence-electron chi connectivity index (χ1n) is 8.29. The van der Waals surface area contributed by atoms with Gasteiger partial charge in [0.15, 0.2) is 0 Å². The summed E-state index contributed by atoms with van der Waals surface area (Å²) in [5.41, 5.74) is 0.763. The largest absolute Gasteiger partial charge is 0.495 e. The zero-order valence-corrected chi connectivity index (χ0v) is 15.8. The number of anilines is 1. The third kappa shape index (κ3) is 3.20. The van der Waals surface area contributed by atoms with Crippen LogP contribution in [0.2, 0.25) is 0 Å². The van der Waals surface area contributed by atoms with Gasteiger partial charge in [0.25, 0.3) is 0 Å². The maximum Gasteiger partial charge on any atom is 0.242 e. The Balaban J connectivity index is 1.93. The van der Waals surface area contributed by atoms with E-state index in [9.17, 15) is 13.2 Å². The molecular formula is C19H22N2O4S. The number of methoxy groups -OCH3 is 1. The van der Waals surface area contributed by atoms with Crippen LogP contribution in [-0.4, -0.2) is 39.8 Å². The van der Waals surface area contributed by atoms with Crippen LogP contribution in [-0.2, 0) is 20.2 Å². The zero-order chi connectivity index (χ0) is 18.9. The Kier molecular flexibility index (Phi) is 4.77. The topological polar surface area (TPSA) is 75.7 Å². The fraction of sp³-hybridized carbons (Fsp3) is 0.316. The van der Waals surface area contributed by atoms with Gasteiger partial charge in [-0.05, 0) is 36.6 Å². The molecule has 0 saturated heterocycles. The van der Waals surface area contributed by atoms with E-state index in [0.717, 1.165) is 22.7 Å². The van der Waals surface area contributed by atoms with Gasteiger partial charge in [0.05, 0.1) is 23.1 Å². The molecular weight excluding hydrogens is 352 g/mol. The number of hydrogen-bond acceptors (Lipinski definition) is 4. The van der Waals surface area contributed by atoms with Crippen LogP contribution in [0.5, 0.6) is 5.75 Å². The van der Waals surface area contributed by atoms with Crippen LogP contribution in [0.4, 0.5) is 5.69 Å². The Morgan fingerprint density at radius 3 is 2.31 bits per heavy atom. The van der Waals surface area contributed by atoms with Gasteiger partial charge in [-0.1, -0.05) is 30.3 Å². The maximum absolute atomic E-state index is 12.9. The average molecular weight is 374 g/mol. The molecule has 6 nitrogen and oxygen atoms in total. The molecule has 1 aliphatic rings. The monoisotopic (exact) mass is 374 g/mol. The van der Waals surface area contributed by atoms with E-state index < -0.39 is 15.4 Å². The van der Waals surface area contributed by atoms with E-state index in [1.165, 1.54) is 33.3 Å². The lowest BCUT2D eigenvalue weighted by molar-refractivity contribution is -0.118. The molecule has 2 aromatic rings. The predicted octanol–water partition coefficient (Wildman–Crippen LogP) is 2.62. The number of benzene rings is 2. The van der Waals surface area contributed by atoms with Crippen LogP contribution in [0.1, 0.15) is 18.4 Å². The molecule has 7 heteroatoms. The van der Waals surface area contributed by atoms with Gasteiger partial charge >= 0.3 is 0 Å². The minimum atomic E-state index is -3.61. The second-order valence-corrected chi connectivity index (χ2v) is 8.70. The van der Waals surface area contributed by atoms with Crippen molar-refractivity contribution in [3.63, 3.8) is 0 Å². The van der Waals surface area contributed by atoms with Gasteiger partial charge < -0.3 is 10.1 Å². The number of hydrogen-bond donors (Lipinski definition) is 1. The lowest BCUT2D eigenvalue weighted by Crippen LogP contribution is -2.28. The van der Waals surface area contributed by atoms with Crippen LogP contribution >= 0.6 is 0 Å². The molecule has 0 aromatic heterocycles. The van der Waals surface area contributed by atoms with Gasteiger partial charge in [0, 0.05) is 14.1 Å². The first-order valence-corrected chi connectivity index (χ1v) is 9.73. The molecule has 0 bridgehead atoms. The Hall–Kier alpha value is -2.38. The van der Waals surface area contributed by atoms with Gasteiger partial charge in [0.1, 0.15) is 5.75 Å². The number of sulfonamides is 1. The molecule has 138 valence electrons. The van der Waals surface area contributed by atoms with Crippen molar-refractivity contribution in [2.24, 2.45) is 0 Å². The van der Waals surface area contributed by atoms with E-state index >= 15 is 0 Å². The normalized spacial score (nSPS) is 15.5. The number of nitrogens with one attached hydrogen (secondary N) is 1. The zero-order valence-electron chi connectivity index (χ0n) is 15.0. The Bertz CT molecular complexity index is 920. The smallest absolute Gasteiger partial charge is 0.242 e. The number of carbonyl (C=O) groups excluding carboxylic acids is 1. The fourth-order valence-electron chi connectivity index (χ4n) is 2.93. The Morgan fingerprint density at radius 2 is 1.77 bits per heavy atom. The summed E-state index contributed by atoms with van der Waals surface area (Å²) in [6.07, 6.45) is 1.53. The lowest BCUT2D eigenvalue weighted by atomic mass is 9.95. The van der Waals surface area contributed by atoms with E-state index in [1.807, 2.05) is 30.3 Å². The van der Waals surface area contributed by atoms with Crippen LogP contribution in [0, 0.1) is 0 Å². The van der Waals surface area contributed by atoms with Crippen molar-refractivity contribution in [3.05, 3.63) is 54.1 Å².